The van der Waals surface area contributed by atoms with Crippen LogP contribution < -0.4 is 10.6 Å². The molecule has 0 fully saturated rings. The molecule has 1 atom stereocenters. The first kappa shape index (κ1) is 16.1. The van der Waals surface area contributed by atoms with Gasteiger partial charge in [-0.05, 0) is 24.1 Å². The van der Waals surface area contributed by atoms with Crippen molar-refractivity contribution < 1.29 is 18.4 Å². The van der Waals surface area contributed by atoms with E-state index in [1.807, 2.05) is 6.92 Å². The summed E-state index contributed by atoms with van der Waals surface area (Å²) in [6.07, 6.45) is 1.83. The summed E-state index contributed by atoms with van der Waals surface area (Å²) in [6.45, 7) is 1.94. The van der Waals surface area contributed by atoms with Gasteiger partial charge >= 0.3 is 0 Å². The molecule has 0 aliphatic heterocycles. The molecular weight excluding hydrogens is 266 g/mol. The van der Waals surface area contributed by atoms with Crippen LogP contribution in [0.15, 0.2) is 18.2 Å². The molecule has 1 rings (SSSR count). The molecule has 6 heteroatoms. The van der Waals surface area contributed by atoms with E-state index in [4.69, 9.17) is 0 Å². The number of benzene rings is 1. The van der Waals surface area contributed by atoms with Crippen LogP contribution in [0.2, 0.25) is 0 Å². The largest absolute Gasteiger partial charge is 0.357 e. The Balaban J connectivity index is 2.91. The van der Waals surface area contributed by atoms with Crippen molar-refractivity contribution in [2.24, 2.45) is 0 Å². The van der Waals surface area contributed by atoms with Gasteiger partial charge in [0.15, 0.2) is 11.6 Å². The molecule has 0 aromatic heterocycles. The van der Waals surface area contributed by atoms with Gasteiger partial charge in [0.2, 0.25) is 11.8 Å². The number of amides is 2. The fourth-order valence-corrected chi connectivity index (χ4v) is 1.71. The van der Waals surface area contributed by atoms with Crippen LogP contribution in [-0.4, -0.2) is 18.9 Å². The Hall–Kier alpha value is -1.98. The zero-order chi connectivity index (χ0) is 15.1. The Labute approximate surface area is 116 Å². The highest BCUT2D eigenvalue weighted by Gasteiger charge is 2.22. The van der Waals surface area contributed by atoms with E-state index in [0.29, 0.717) is 6.42 Å². The van der Waals surface area contributed by atoms with Gasteiger partial charge in [-0.3, -0.25) is 9.59 Å². The smallest absolute Gasteiger partial charge is 0.246 e. The SMILES string of the molecule is CCCCC(=O)N[C@@H](C(=O)NC)c1ccc(F)c(F)c1. The summed E-state index contributed by atoms with van der Waals surface area (Å²) < 4.78 is 26.1. The topological polar surface area (TPSA) is 58.2 Å². The van der Waals surface area contributed by atoms with Crippen LogP contribution in [-0.2, 0) is 9.59 Å². The van der Waals surface area contributed by atoms with Crippen molar-refractivity contribution >= 4 is 11.8 Å². The number of hydrogen-bond acceptors (Lipinski definition) is 2. The van der Waals surface area contributed by atoms with E-state index in [1.54, 1.807) is 0 Å². The summed E-state index contributed by atoms with van der Waals surface area (Å²) in [6, 6.07) is 2.09. The summed E-state index contributed by atoms with van der Waals surface area (Å²) >= 11 is 0. The van der Waals surface area contributed by atoms with Crippen molar-refractivity contribution in [3.05, 3.63) is 35.4 Å². The molecule has 0 heterocycles. The second-order valence-corrected chi connectivity index (χ2v) is 4.39. The molecule has 0 spiro atoms. The third-order valence-corrected chi connectivity index (χ3v) is 2.85. The molecular formula is C14H18F2N2O2. The lowest BCUT2D eigenvalue weighted by Gasteiger charge is -2.18. The maximum atomic E-state index is 13.2. The predicted octanol–water partition coefficient (Wildman–Crippen LogP) is 2.06. The first-order valence-corrected chi connectivity index (χ1v) is 6.45. The van der Waals surface area contributed by atoms with Gasteiger partial charge in [-0.15, -0.1) is 0 Å². The quantitative estimate of drug-likeness (QED) is 0.840. The lowest BCUT2D eigenvalue weighted by molar-refractivity contribution is -0.129. The van der Waals surface area contributed by atoms with Crippen molar-refractivity contribution in [1.29, 1.82) is 0 Å². The maximum absolute atomic E-state index is 13.2. The molecule has 0 unspecified atom stereocenters. The first-order valence-electron chi connectivity index (χ1n) is 6.45. The number of halogens is 2. The standard InChI is InChI=1S/C14H18F2N2O2/c1-3-4-5-12(19)18-13(14(20)17-2)9-6-7-10(15)11(16)8-9/h6-8,13H,3-5H2,1-2H3,(H,17,20)(H,18,19)/t13-/m1/s1. The molecule has 110 valence electrons. The lowest BCUT2D eigenvalue weighted by Crippen LogP contribution is -2.39. The summed E-state index contributed by atoms with van der Waals surface area (Å²) in [7, 11) is 1.41. The number of carbonyl (C=O) groups is 2. The number of unbranched alkanes of at least 4 members (excludes halogenated alkanes) is 1. The number of hydrogen-bond donors (Lipinski definition) is 2. The lowest BCUT2D eigenvalue weighted by atomic mass is 10.1. The van der Waals surface area contributed by atoms with Gasteiger partial charge in [0, 0.05) is 13.5 Å². The van der Waals surface area contributed by atoms with Gasteiger partial charge in [0.05, 0.1) is 0 Å². The van der Waals surface area contributed by atoms with Crippen LogP contribution in [0.5, 0.6) is 0 Å². The van der Waals surface area contributed by atoms with Crippen LogP contribution in [0.3, 0.4) is 0 Å². The van der Waals surface area contributed by atoms with Gasteiger partial charge in [-0.2, -0.15) is 0 Å². The molecule has 0 saturated heterocycles. The van der Waals surface area contributed by atoms with E-state index in [9.17, 15) is 18.4 Å². The molecule has 1 aromatic carbocycles. The molecule has 0 bridgehead atoms. The molecule has 0 aliphatic carbocycles. The van der Waals surface area contributed by atoms with Gasteiger partial charge in [-0.1, -0.05) is 19.4 Å². The van der Waals surface area contributed by atoms with Gasteiger partial charge in [-0.25, -0.2) is 8.78 Å². The third kappa shape index (κ3) is 4.29. The summed E-state index contributed by atoms with van der Waals surface area (Å²) in [4.78, 5) is 23.5. The Bertz CT molecular complexity index is 492. The summed E-state index contributed by atoms with van der Waals surface area (Å²) in [5.74, 6) is -2.84. The van der Waals surface area contributed by atoms with Gasteiger partial charge in [0.1, 0.15) is 6.04 Å². The second-order valence-electron chi connectivity index (χ2n) is 4.39. The third-order valence-electron chi connectivity index (χ3n) is 2.85. The van der Waals surface area contributed by atoms with Crippen molar-refractivity contribution in [3.63, 3.8) is 0 Å². The molecule has 2 amide bonds. The zero-order valence-corrected chi connectivity index (χ0v) is 11.5. The molecule has 4 nitrogen and oxygen atoms in total. The van der Waals surface area contributed by atoms with Crippen molar-refractivity contribution in [2.45, 2.75) is 32.2 Å². The van der Waals surface area contributed by atoms with Crippen LogP contribution in [0.1, 0.15) is 37.8 Å². The van der Waals surface area contributed by atoms with Crippen LogP contribution in [0.25, 0.3) is 0 Å². The molecule has 1 aromatic rings. The minimum absolute atomic E-state index is 0.202. The Morgan fingerprint density at radius 2 is 1.95 bits per heavy atom. The van der Waals surface area contributed by atoms with Gasteiger partial charge in [0.25, 0.3) is 0 Å². The van der Waals surface area contributed by atoms with Crippen LogP contribution >= 0.6 is 0 Å². The summed E-state index contributed by atoms with van der Waals surface area (Å²) in [5, 5.41) is 4.91. The van der Waals surface area contributed by atoms with E-state index >= 15 is 0 Å². The Morgan fingerprint density at radius 3 is 2.50 bits per heavy atom. The zero-order valence-electron chi connectivity index (χ0n) is 11.5. The number of rotatable bonds is 6. The minimum atomic E-state index is -1.06. The van der Waals surface area contributed by atoms with Gasteiger partial charge < -0.3 is 10.6 Å². The van der Waals surface area contributed by atoms with E-state index in [2.05, 4.69) is 10.6 Å². The van der Waals surface area contributed by atoms with Crippen LogP contribution in [0.4, 0.5) is 8.78 Å². The molecule has 0 radical (unpaired) electrons. The molecule has 0 aliphatic rings. The van der Waals surface area contributed by atoms with Crippen LogP contribution in [0, 0.1) is 11.6 Å². The Kier molecular flexibility index (Phi) is 6.09. The average molecular weight is 284 g/mol. The fraction of sp³-hybridized carbons (Fsp3) is 0.429. The minimum Gasteiger partial charge on any atom is -0.357 e. The van der Waals surface area contributed by atoms with Crippen molar-refractivity contribution in [3.8, 4) is 0 Å². The highest BCUT2D eigenvalue weighted by Crippen LogP contribution is 2.17. The molecule has 0 saturated carbocycles. The normalized spacial score (nSPS) is 11.8. The molecule has 20 heavy (non-hydrogen) atoms. The monoisotopic (exact) mass is 284 g/mol. The highest BCUT2D eigenvalue weighted by atomic mass is 19.2. The second kappa shape index (κ2) is 7.57. The number of likely N-dealkylation sites (N-methyl/N-ethyl adjacent to an activating group) is 1. The first-order chi connectivity index (χ1) is 9.49. The van der Waals surface area contributed by atoms with E-state index in [1.165, 1.54) is 13.1 Å². The Morgan fingerprint density at radius 1 is 1.25 bits per heavy atom. The van der Waals surface area contributed by atoms with E-state index in [0.717, 1.165) is 18.6 Å². The van der Waals surface area contributed by atoms with Crippen molar-refractivity contribution in [1.82, 2.24) is 10.6 Å². The van der Waals surface area contributed by atoms with E-state index in [-0.39, 0.29) is 17.9 Å². The highest BCUT2D eigenvalue weighted by molar-refractivity contribution is 5.88. The maximum Gasteiger partial charge on any atom is 0.246 e. The molecule has 2 N–H and O–H groups in total. The number of carbonyl (C=O) groups excluding carboxylic acids is 2. The summed E-state index contributed by atoms with van der Waals surface area (Å²) in [5.41, 5.74) is 0.202. The predicted molar refractivity (Wildman–Crippen MR) is 70.8 cm³/mol. The fourth-order valence-electron chi connectivity index (χ4n) is 1.71. The average Bonchev–Trinajstić information content (AvgIpc) is 2.44. The van der Waals surface area contributed by atoms with E-state index < -0.39 is 23.6 Å². The number of nitrogens with one attached hydrogen (secondary N) is 2. The van der Waals surface area contributed by atoms with Crippen molar-refractivity contribution in [2.75, 3.05) is 7.05 Å².